The van der Waals surface area contributed by atoms with E-state index in [2.05, 4.69) is 31.2 Å². The monoisotopic (exact) mass is 315 g/mol. The molecule has 0 bridgehead atoms. The van der Waals surface area contributed by atoms with Crippen LogP contribution in [-0.2, 0) is 0 Å². The molecule has 4 nitrogen and oxygen atoms in total. The first-order valence-corrected chi connectivity index (χ1v) is 6.52. The van der Waals surface area contributed by atoms with Gasteiger partial charge in [0.2, 0.25) is 0 Å². The maximum Gasteiger partial charge on any atom is 0.272 e. The van der Waals surface area contributed by atoms with E-state index in [0.29, 0.717) is 11.4 Å². The van der Waals surface area contributed by atoms with Crippen molar-refractivity contribution in [1.29, 1.82) is 0 Å². The molecule has 2 N–H and O–H groups in total. The third-order valence-electron chi connectivity index (χ3n) is 2.76. The van der Waals surface area contributed by atoms with Gasteiger partial charge >= 0.3 is 0 Å². The number of amides is 1. The summed E-state index contributed by atoms with van der Waals surface area (Å²) in [5.41, 5.74) is 2.14. The SMILES string of the molecule is O=C(Nc1ccc(Br)nc1)c1cc2ccccc2[nH]1. The summed E-state index contributed by atoms with van der Waals surface area (Å²) in [5.74, 6) is -0.180. The number of para-hydroxylation sites is 1. The lowest BCUT2D eigenvalue weighted by Gasteiger charge is -2.02. The second kappa shape index (κ2) is 4.85. The van der Waals surface area contributed by atoms with Crippen LogP contribution >= 0.6 is 15.9 Å². The largest absolute Gasteiger partial charge is 0.351 e. The van der Waals surface area contributed by atoms with E-state index in [4.69, 9.17) is 0 Å². The molecule has 0 saturated carbocycles. The van der Waals surface area contributed by atoms with Gasteiger partial charge in [0.05, 0.1) is 11.9 Å². The number of aromatic nitrogens is 2. The summed E-state index contributed by atoms with van der Waals surface area (Å²) >= 11 is 3.25. The zero-order valence-corrected chi connectivity index (χ0v) is 11.4. The van der Waals surface area contributed by atoms with Crippen molar-refractivity contribution in [1.82, 2.24) is 9.97 Å². The minimum atomic E-state index is -0.180. The molecule has 5 heteroatoms. The summed E-state index contributed by atoms with van der Waals surface area (Å²) in [5, 5.41) is 3.81. The Kier molecular flexibility index (Phi) is 3.05. The molecule has 2 heterocycles. The van der Waals surface area contributed by atoms with Crippen LogP contribution in [0, 0.1) is 0 Å². The summed E-state index contributed by atoms with van der Waals surface area (Å²) in [4.78, 5) is 19.2. The van der Waals surface area contributed by atoms with Crippen molar-refractivity contribution in [2.24, 2.45) is 0 Å². The molecule has 0 aliphatic heterocycles. The van der Waals surface area contributed by atoms with Crippen molar-refractivity contribution in [3.05, 3.63) is 59.0 Å². The molecule has 0 aliphatic carbocycles. The summed E-state index contributed by atoms with van der Waals surface area (Å²) in [6, 6.07) is 13.2. The predicted molar refractivity (Wildman–Crippen MR) is 78.2 cm³/mol. The van der Waals surface area contributed by atoms with Crippen LogP contribution in [0.3, 0.4) is 0 Å². The number of rotatable bonds is 2. The van der Waals surface area contributed by atoms with Crippen LogP contribution in [0.15, 0.2) is 53.3 Å². The Morgan fingerprint density at radius 1 is 1.21 bits per heavy atom. The highest BCUT2D eigenvalue weighted by atomic mass is 79.9. The smallest absolute Gasteiger partial charge is 0.272 e. The van der Waals surface area contributed by atoms with E-state index < -0.39 is 0 Å². The Bertz CT molecular complexity index is 701. The van der Waals surface area contributed by atoms with Crippen molar-refractivity contribution in [2.75, 3.05) is 5.32 Å². The maximum absolute atomic E-state index is 12.1. The predicted octanol–water partition coefficient (Wildman–Crippen LogP) is 3.58. The highest BCUT2D eigenvalue weighted by Gasteiger charge is 2.09. The Morgan fingerprint density at radius 2 is 2.05 bits per heavy atom. The fourth-order valence-electron chi connectivity index (χ4n) is 1.84. The van der Waals surface area contributed by atoms with Crippen LogP contribution in [-0.4, -0.2) is 15.9 Å². The number of carbonyl (C=O) groups excluding carboxylic acids is 1. The topological polar surface area (TPSA) is 57.8 Å². The van der Waals surface area contributed by atoms with Gasteiger partial charge < -0.3 is 10.3 Å². The van der Waals surface area contributed by atoms with Gasteiger partial charge in [-0.25, -0.2) is 4.98 Å². The molecule has 94 valence electrons. The first kappa shape index (κ1) is 11.9. The molecule has 2 aromatic heterocycles. The summed E-state index contributed by atoms with van der Waals surface area (Å²) < 4.78 is 0.733. The first-order chi connectivity index (χ1) is 9.22. The third kappa shape index (κ3) is 2.51. The quantitative estimate of drug-likeness (QED) is 0.710. The van der Waals surface area contributed by atoms with Gasteiger partial charge in [-0.1, -0.05) is 18.2 Å². The number of aromatic amines is 1. The number of carbonyl (C=O) groups is 1. The van der Waals surface area contributed by atoms with Crippen molar-refractivity contribution < 1.29 is 4.79 Å². The second-order valence-electron chi connectivity index (χ2n) is 4.09. The standard InChI is InChI=1S/C14H10BrN3O/c15-13-6-5-10(8-16-13)17-14(19)12-7-9-3-1-2-4-11(9)18-12/h1-8,18H,(H,17,19). The lowest BCUT2D eigenvalue weighted by atomic mass is 10.2. The molecule has 0 atom stereocenters. The zero-order valence-electron chi connectivity index (χ0n) is 9.85. The lowest BCUT2D eigenvalue weighted by molar-refractivity contribution is 0.102. The lowest BCUT2D eigenvalue weighted by Crippen LogP contribution is -2.12. The highest BCUT2D eigenvalue weighted by molar-refractivity contribution is 9.10. The van der Waals surface area contributed by atoms with Gasteiger partial charge in [0.25, 0.3) is 5.91 Å². The summed E-state index contributed by atoms with van der Waals surface area (Å²) in [7, 11) is 0. The third-order valence-corrected chi connectivity index (χ3v) is 3.23. The van der Waals surface area contributed by atoms with Crippen LogP contribution in [0.25, 0.3) is 10.9 Å². The van der Waals surface area contributed by atoms with Crippen molar-refractivity contribution in [2.45, 2.75) is 0 Å². The fraction of sp³-hybridized carbons (Fsp3) is 0. The van der Waals surface area contributed by atoms with E-state index in [0.717, 1.165) is 15.5 Å². The molecule has 0 aliphatic rings. The molecule has 0 spiro atoms. The molecule has 0 radical (unpaired) electrons. The van der Waals surface area contributed by atoms with Gasteiger partial charge in [0, 0.05) is 10.9 Å². The average molecular weight is 316 g/mol. The van der Waals surface area contributed by atoms with E-state index in [-0.39, 0.29) is 5.91 Å². The Hall–Kier alpha value is -2.14. The molecule has 1 aromatic carbocycles. The van der Waals surface area contributed by atoms with E-state index in [1.54, 1.807) is 18.3 Å². The van der Waals surface area contributed by atoms with E-state index in [9.17, 15) is 4.79 Å². The number of hydrogen-bond donors (Lipinski definition) is 2. The number of halogens is 1. The van der Waals surface area contributed by atoms with Crippen molar-refractivity contribution in [3.63, 3.8) is 0 Å². The molecule has 0 unspecified atom stereocenters. The number of anilines is 1. The number of pyridine rings is 1. The number of benzene rings is 1. The molecule has 0 fully saturated rings. The van der Waals surface area contributed by atoms with E-state index in [1.165, 1.54) is 0 Å². The number of nitrogens with zero attached hydrogens (tertiary/aromatic N) is 1. The maximum atomic E-state index is 12.1. The van der Waals surface area contributed by atoms with E-state index >= 15 is 0 Å². The Balaban J connectivity index is 1.85. The van der Waals surface area contributed by atoms with Gasteiger partial charge in [-0.3, -0.25) is 4.79 Å². The molecular formula is C14H10BrN3O. The molecule has 1 amide bonds. The Morgan fingerprint density at radius 3 is 2.79 bits per heavy atom. The first-order valence-electron chi connectivity index (χ1n) is 5.73. The minimum Gasteiger partial charge on any atom is -0.351 e. The van der Waals surface area contributed by atoms with Gasteiger partial charge in [-0.05, 0) is 40.2 Å². The number of nitrogens with one attached hydrogen (secondary N) is 2. The molecular weight excluding hydrogens is 306 g/mol. The van der Waals surface area contributed by atoms with Crippen molar-refractivity contribution >= 4 is 38.4 Å². The van der Waals surface area contributed by atoms with Gasteiger partial charge in [0.1, 0.15) is 10.3 Å². The van der Waals surface area contributed by atoms with Crippen molar-refractivity contribution in [3.8, 4) is 0 Å². The van der Waals surface area contributed by atoms with Gasteiger partial charge in [-0.2, -0.15) is 0 Å². The van der Waals surface area contributed by atoms with Crippen LogP contribution < -0.4 is 5.32 Å². The van der Waals surface area contributed by atoms with Gasteiger partial charge in [-0.15, -0.1) is 0 Å². The minimum absolute atomic E-state index is 0.180. The van der Waals surface area contributed by atoms with Crippen LogP contribution in [0.5, 0.6) is 0 Å². The number of hydrogen-bond acceptors (Lipinski definition) is 2. The second-order valence-corrected chi connectivity index (χ2v) is 4.91. The molecule has 3 aromatic rings. The van der Waals surface area contributed by atoms with E-state index in [1.807, 2.05) is 30.3 Å². The zero-order chi connectivity index (χ0) is 13.2. The van der Waals surface area contributed by atoms with Crippen LogP contribution in [0.2, 0.25) is 0 Å². The normalized spacial score (nSPS) is 10.6. The average Bonchev–Trinajstić information content (AvgIpc) is 2.85. The number of fused-ring (bicyclic) bond motifs is 1. The molecule has 3 rings (SSSR count). The highest BCUT2D eigenvalue weighted by Crippen LogP contribution is 2.16. The molecule has 0 saturated heterocycles. The summed E-state index contributed by atoms with van der Waals surface area (Å²) in [6.07, 6.45) is 1.60. The Labute approximate surface area is 118 Å². The fourth-order valence-corrected chi connectivity index (χ4v) is 2.08. The molecule has 19 heavy (non-hydrogen) atoms. The van der Waals surface area contributed by atoms with Crippen LogP contribution in [0.4, 0.5) is 5.69 Å². The van der Waals surface area contributed by atoms with Gasteiger partial charge in [0.15, 0.2) is 0 Å². The van der Waals surface area contributed by atoms with Crippen LogP contribution in [0.1, 0.15) is 10.5 Å². The number of H-pyrrole nitrogens is 1. The summed E-state index contributed by atoms with van der Waals surface area (Å²) in [6.45, 7) is 0.